The number of nitrogens with one attached hydrogen (secondary N) is 1. The molecule has 1 amide bonds. The van der Waals surface area contributed by atoms with Gasteiger partial charge in [0.2, 0.25) is 5.91 Å². The van der Waals surface area contributed by atoms with E-state index >= 15 is 0 Å². The van der Waals surface area contributed by atoms with Gasteiger partial charge in [-0.15, -0.1) is 0 Å². The molecule has 0 aromatic heterocycles. The van der Waals surface area contributed by atoms with Crippen molar-refractivity contribution in [2.75, 3.05) is 0 Å². The largest absolute Gasteiger partial charge is 0.273 e. The van der Waals surface area contributed by atoms with Crippen LogP contribution in [0.2, 0.25) is 0 Å². The van der Waals surface area contributed by atoms with E-state index in [-0.39, 0.29) is 11.8 Å². The molecular weight excluding hydrogens is 224 g/mol. The van der Waals surface area contributed by atoms with Gasteiger partial charge in [0.15, 0.2) is 0 Å². The van der Waals surface area contributed by atoms with Crippen LogP contribution in [-0.2, 0) is 4.79 Å². The zero-order chi connectivity index (χ0) is 12.8. The van der Waals surface area contributed by atoms with E-state index in [2.05, 4.69) is 10.5 Å². The molecule has 0 atom stereocenters. The lowest BCUT2D eigenvalue weighted by molar-refractivity contribution is -0.125. The summed E-state index contributed by atoms with van der Waals surface area (Å²) in [6, 6.07) is 7.99. The summed E-state index contributed by atoms with van der Waals surface area (Å²) in [5.74, 6) is 0.229. The van der Waals surface area contributed by atoms with Gasteiger partial charge in [0.25, 0.3) is 0 Å². The molecule has 3 heteroatoms. The van der Waals surface area contributed by atoms with Crippen LogP contribution in [0, 0.1) is 12.8 Å². The number of hydrogen-bond acceptors (Lipinski definition) is 2. The fourth-order valence-electron chi connectivity index (χ4n) is 2.35. The maximum atomic E-state index is 11.8. The number of hydrogen-bond donors (Lipinski definition) is 1. The summed E-state index contributed by atoms with van der Waals surface area (Å²) >= 11 is 0. The molecule has 1 aliphatic rings. The first-order chi connectivity index (χ1) is 8.77. The Morgan fingerprint density at radius 2 is 2.00 bits per heavy atom. The van der Waals surface area contributed by atoms with Crippen LogP contribution in [-0.4, -0.2) is 12.1 Å². The van der Waals surface area contributed by atoms with Crippen LogP contribution in [0.3, 0.4) is 0 Å². The predicted molar refractivity (Wildman–Crippen MR) is 73.5 cm³/mol. The Hall–Kier alpha value is -1.64. The van der Waals surface area contributed by atoms with E-state index in [0.29, 0.717) is 0 Å². The van der Waals surface area contributed by atoms with Crippen molar-refractivity contribution in [2.24, 2.45) is 11.0 Å². The highest BCUT2D eigenvalue weighted by molar-refractivity contribution is 5.84. The molecule has 1 aromatic rings. The summed E-state index contributed by atoms with van der Waals surface area (Å²) < 4.78 is 0. The number of rotatable bonds is 3. The minimum absolute atomic E-state index is 0.0690. The number of nitrogens with zero attached hydrogens (tertiary/aromatic N) is 1. The SMILES string of the molecule is Cc1ccccc1C=NNC(=O)C1CCCCC1. The highest BCUT2D eigenvalue weighted by Crippen LogP contribution is 2.23. The lowest BCUT2D eigenvalue weighted by atomic mass is 9.89. The molecule has 0 radical (unpaired) electrons. The minimum Gasteiger partial charge on any atom is -0.273 e. The van der Waals surface area contributed by atoms with E-state index in [4.69, 9.17) is 0 Å². The van der Waals surface area contributed by atoms with E-state index in [0.717, 1.165) is 24.0 Å². The molecule has 1 N–H and O–H groups in total. The van der Waals surface area contributed by atoms with E-state index in [1.54, 1.807) is 6.21 Å². The van der Waals surface area contributed by atoms with Crippen molar-refractivity contribution in [1.29, 1.82) is 0 Å². The van der Waals surface area contributed by atoms with Gasteiger partial charge in [-0.3, -0.25) is 4.79 Å². The predicted octanol–water partition coefficient (Wildman–Crippen LogP) is 3.03. The Morgan fingerprint density at radius 3 is 2.72 bits per heavy atom. The maximum absolute atomic E-state index is 11.8. The van der Waals surface area contributed by atoms with Crippen LogP contribution in [0.1, 0.15) is 43.2 Å². The van der Waals surface area contributed by atoms with Crippen LogP contribution in [0.25, 0.3) is 0 Å². The lowest BCUT2D eigenvalue weighted by Crippen LogP contribution is -2.28. The van der Waals surface area contributed by atoms with Crippen molar-refractivity contribution < 1.29 is 4.79 Å². The van der Waals surface area contributed by atoms with E-state index in [9.17, 15) is 4.79 Å². The molecule has 0 unspecified atom stereocenters. The first-order valence-electron chi connectivity index (χ1n) is 6.66. The average molecular weight is 244 g/mol. The first-order valence-corrected chi connectivity index (χ1v) is 6.66. The molecule has 96 valence electrons. The molecule has 0 spiro atoms. The molecule has 1 aliphatic carbocycles. The lowest BCUT2D eigenvalue weighted by Gasteiger charge is -2.19. The molecule has 3 nitrogen and oxygen atoms in total. The fraction of sp³-hybridized carbons (Fsp3) is 0.467. The van der Waals surface area contributed by atoms with Crippen molar-refractivity contribution in [2.45, 2.75) is 39.0 Å². The molecule has 0 bridgehead atoms. The summed E-state index contributed by atoms with van der Waals surface area (Å²) in [5.41, 5.74) is 4.86. The molecule has 1 fully saturated rings. The van der Waals surface area contributed by atoms with Gasteiger partial charge in [-0.25, -0.2) is 5.43 Å². The van der Waals surface area contributed by atoms with Crippen LogP contribution in [0.4, 0.5) is 0 Å². The second kappa shape index (κ2) is 6.34. The van der Waals surface area contributed by atoms with Crippen LogP contribution >= 0.6 is 0 Å². The van der Waals surface area contributed by atoms with E-state index in [1.807, 2.05) is 31.2 Å². The normalized spacial score (nSPS) is 16.9. The maximum Gasteiger partial charge on any atom is 0.243 e. The van der Waals surface area contributed by atoms with Gasteiger partial charge in [-0.05, 0) is 30.9 Å². The number of carbonyl (C=O) groups excluding carboxylic acids is 1. The number of amides is 1. The number of carbonyl (C=O) groups is 1. The summed E-state index contributed by atoms with van der Waals surface area (Å²) in [4.78, 5) is 11.8. The fourth-order valence-corrected chi connectivity index (χ4v) is 2.35. The van der Waals surface area contributed by atoms with Crippen molar-refractivity contribution in [3.63, 3.8) is 0 Å². The third-order valence-corrected chi connectivity index (χ3v) is 3.54. The first kappa shape index (κ1) is 12.8. The van der Waals surface area contributed by atoms with Gasteiger partial charge in [0.05, 0.1) is 6.21 Å². The molecule has 0 heterocycles. The van der Waals surface area contributed by atoms with Gasteiger partial charge in [-0.2, -0.15) is 5.10 Å². The summed E-state index contributed by atoms with van der Waals surface area (Å²) in [6.07, 6.45) is 7.32. The van der Waals surface area contributed by atoms with Gasteiger partial charge in [0.1, 0.15) is 0 Å². The van der Waals surface area contributed by atoms with Crippen molar-refractivity contribution in [1.82, 2.24) is 5.43 Å². The van der Waals surface area contributed by atoms with Gasteiger partial charge in [-0.1, -0.05) is 43.5 Å². The molecule has 18 heavy (non-hydrogen) atoms. The second-order valence-electron chi connectivity index (χ2n) is 4.93. The smallest absolute Gasteiger partial charge is 0.243 e. The third kappa shape index (κ3) is 3.42. The number of benzene rings is 1. The van der Waals surface area contributed by atoms with E-state index in [1.165, 1.54) is 19.3 Å². The zero-order valence-electron chi connectivity index (χ0n) is 10.9. The molecule has 0 saturated heterocycles. The zero-order valence-corrected chi connectivity index (χ0v) is 10.9. The summed E-state index contributed by atoms with van der Waals surface area (Å²) in [6.45, 7) is 2.03. The van der Waals surface area contributed by atoms with Gasteiger partial charge < -0.3 is 0 Å². The van der Waals surface area contributed by atoms with Crippen molar-refractivity contribution >= 4 is 12.1 Å². The molecule has 1 aromatic carbocycles. The topological polar surface area (TPSA) is 41.5 Å². The molecule has 0 aliphatic heterocycles. The van der Waals surface area contributed by atoms with Gasteiger partial charge >= 0.3 is 0 Å². The molecule has 1 saturated carbocycles. The highest BCUT2D eigenvalue weighted by Gasteiger charge is 2.20. The van der Waals surface area contributed by atoms with E-state index < -0.39 is 0 Å². The molecule has 2 rings (SSSR count). The Kier molecular flexibility index (Phi) is 4.51. The Bertz CT molecular complexity index is 434. The van der Waals surface area contributed by atoms with Gasteiger partial charge in [0, 0.05) is 5.92 Å². The highest BCUT2D eigenvalue weighted by atomic mass is 16.2. The second-order valence-corrected chi connectivity index (χ2v) is 4.93. The summed E-state index contributed by atoms with van der Waals surface area (Å²) in [5, 5.41) is 4.05. The summed E-state index contributed by atoms with van der Waals surface area (Å²) in [7, 11) is 0. The third-order valence-electron chi connectivity index (χ3n) is 3.54. The number of hydrazone groups is 1. The van der Waals surface area contributed by atoms with Crippen LogP contribution in [0.5, 0.6) is 0 Å². The number of aryl methyl sites for hydroxylation is 1. The average Bonchev–Trinajstić information content (AvgIpc) is 2.42. The Morgan fingerprint density at radius 1 is 1.28 bits per heavy atom. The van der Waals surface area contributed by atoms with Crippen LogP contribution in [0.15, 0.2) is 29.4 Å². The quantitative estimate of drug-likeness (QED) is 0.644. The van der Waals surface area contributed by atoms with Crippen molar-refractivity contribution in [3.8, 4) is 0 Å². The molecular formula is C15H20N2O. The standard InChI is InChI=1S/C15H20N2O/c1-12-7-5-6-10-14(12)11-16-17-15(18)13-8-3-2-4-9-13/h5-7,10-11,13H,2-4,8-9H2,1H3,(H,17,18). The monoisotopic (exact) mass is 244 g/mol. The Balaban J connectivity index is 1.87. The van der Waals surface area contributed by atoms with Crippen LogP contribution < -0.4 is 5.43 Å². The minimum atomic E-state index is 0.0690. The van der Waals surface area contributed by atoms with Crippen molar-refractivity contribution in [3.05, 3.63) is 35.4 Å². The Labute approximate surface area is 108 Å².